The summed E-state index contributed by atoms with van der Waals surface area (Å²) in [6.07, 6.45) is 1.71. The number of halogens is 1. The van der Waals surface area contributed by atoms with E-state index >= 15 is 0 Å². The first-order valence-corrected chi connectivity index (χ1v) is 11.2. The predicted octanol–water partition coefficient (Wildman–Crippen LogP) is 3.25. The van der Waals surface area contributed by atoms with Gasteiger partial charge in [0.25, 0.3) is 0 Å². The van der Waals surface area contributed by atoms with Gasteiger partial charge in [-0.3, -0.25) is 9.10 Å². The lowest BCUT2D eigenvalue weighted by Gasteiger charge is -2.28. The van der Waals surface area contributed by atoms with Gasteiger partial charge in [0.15, 0.2) is 0 Å². The summed E-state index contributed by atoms with van der Waals surface area (Å²) in [6.45, 7) is 4.34. The summed E-state index contributed by atoms with van der Waals surface area (Å²) < 4.78 is 31.1. The molecule has 1 atom stereocenters. The third-order valence-electron chi connectivity index (χ3n) is 4.12. The van der Waals surface area contributed by atoms with Crippen molar-refractivity contribution >= 4 is 33.2 Å². The largest absolute Gasteiger partial charge is 0.494 e. The van der Waals surface area contributed by atoms with E-state index < -0.39 is 16.1 Å². The molecule has 2 rings (SSSR count). The highest BCUT2D eigenvalue weighted by Crippen LogP contribution is 2.24. The average molecular weight is 425 g/mol. The van der Waals surface area contributed by atoms with Crippen LogP contribution in [-0.2, 0) is 21.2 Å². The number of carbonyl (C=O) groups excluding carboxylic acids is 1. The van der Waals surface area contributed by atoms with Crippen molar-refractivity contribution in [3.63, 3.8) is 0 Å². The van der Waals surface area contributed by atoms with Crippen molar-refractivity contribution in [1.29, 1.82) is 0 Å². The smallest absolute Gasteiger partial charge is 0.243 e. The summed E-state index contributed by atoms with van der Waals surface area (Å²) in [7, 11) is -3.65. The van der Waals surface area contributed by atoms with Gasteiger partial charge in [0.1, 0.15) is 11.8 Å². The molecular formula is C20H25ClN2O4S. The molecule has 1 amide bonds. The van der Waals surface area contributed by atoms with Crippen molar-refractivity contribution in [2.45, 2.75) is 26.3 Å². The Hall–Kier alpha value is -2.25. The van der Waals surface area contributed by atoms with Crippen molar-refractivity contribution in [2.75, 3.05) is 23.7 Å². The molecule has 0 aliphatic rings. The van der Waals surface area contributed by atoms with Gasteiger partial charge in [0, 0.05) is 11.6 Å². The summed E-state index contributed by atoms with van der Waals surface area (Å²) in [4.78, 5) is 12.6. The summed E-state index contributed by atoms with van der Waals surface area (Å²) >= 11 is 5.86. The number of hydrogen-bond acceptors (Lipinski definition) is 4. The van der Waals surface area contributed by atoms with Crippen LogP contribution in [-0.4, -0.2) is 39.8 Å². The Morgan fingerprint density at radius 3 is 2.29 bits per heavy atom. The highest BCUT2D eigenvalue weighted by Gasteiger charge is 2.28. The molecule has 1 N–H and O–H groups in total. The SMILES string of the molecule is CCOc1ccc(N([C@@H](C)C(=O)NCCc2ccc(Cl)cc2)S(C)(=O)=O)cc1. The highest BCUT2D eigenvalue weighted by molar-refractivity contribution is 7.92. The third kappa shape index (κ3) is 6.14. The lowest BCUT2D eigenvalue weighted by molar-refractivity contribution is -0.121. The van der Waals surface area contributed by atoms with E-state index in [0.29, 0.717) is 36.0 Å². The van der Waals surface area contributed by atoms with Crippen LogP contribution >= 0.6 is 11.6 Å². The van der Waals surface area contributed by atoms with Crippen LogP contribution in [0, 0.1) is 0 Å². The first-order chi connectivity index (χ1) is 13.2. The van der Waals surface area contributed by atoms with Crippen molar-refractivity contribution in [2.24, 2.45) is 0 Å². The van der Waals surface area contributed by atoms with E-state index in [1.54, 1.807) is 43.3 Å². The minimum absolute atomic E-state index is 0.367. The minimum Gasteiger partial charge on any atom is -0.494 e. The normalized spacial score (nSPS) is 12.3. The maximum absolute atomic E-state index is 12.6. The predicted molar refractivity (Wildman–Crippen MR) is 113 cm³/mol. The zero-order chi connectivity index (χ0) is 20.7. The Balaban J connectivity index is 2.06. The Labute approximate surface area is 171 Å². The Kier molecular flexibility index (Phi) is 7.71. The molecule has 0 unspecified atom stereocenters. The molecule has 0 aliphatic heterocycles. The van der Waals surface area contributed by atoms with Crippen molar-refractivity contribution in [1.82, 2.24) is 5.32 Å². The number of rotatable bonds is 9. The number of sulfonamides is 1. The van der Waals surface area contributed by atoms with Gasteiger partial charge in [-0.05, 0) is 62.2 Å². The molecule has 0 radical (unpaired) electrons. The molecule has 0 fully saturated rings. The first-order valence-electron chi connectivity index (χ1n) is 8.96. The molecule has 0 saturated carbocycles. The molecule has 2 aromatic carbocycles. The third-order valence-corrected chi connectivity index (χ3v) is 5.61. The molecule has 28 heavy (non-hydrogen) atoms. The molecule has 6 nitrogen and oxygen atoms in total. The van der Waals surface area contributed by atoms with E-state index in [2.05, 4.69) is 5.32 Å². The highest BCUT2D eigenvalue weighted by atomic mass is 35.5. The van der Waals surface area contributed by atoms with E-state index in [4.69, 9.17) is 16.3 Å². The number of nitrogens with one attached hydrogen (secondary N) is 1. The molecule has 0 aromatic heterocycles. The quantitative estimate of drug-likeness (QED) is 0.670. The molecule has 0 saturated heterocycles. The molecular weight excluding hydrogens is 400 g/mol. The van der Waals surface area contributed by atoms with Gasteiger partial charge < -0.3 is 10.1 Å². The van der Waals surface area contributed by atoms with Crippen LogP contribution in [0.1, 0.15) is 19.4 Å². The summed E-state index contributed by atoms with van der Waals surface area (Å²) in [5, 5.41) is 3.45. The van der Waals surface area contributed by atoms with Gasteiger partial charge >= 0.3 is 0 Å². The number of anilines is 1. The number of hydrogen-bond donors (Lipinski definition) is 1. The van der Waals surface area contributed by atoms with Crippen LogP contribution in [0.25, 0.3) is 0 Å². The topological polar surface area (TPSA) is 75.7 Å². The summed E-state index contributed by atoms with van der Waals surface area (Å²) in [5.41, 5.74) is 1.44. The fourth-order valence-corrected chi connectivity index (χ4v) is 4.09. The molecule has 0 spiro atoms. The van der Waals surface area contributed by atoms with Gasteiger partial charge in [-0.2, -0.15) is 0 Å². The second kappa shape index (κ2) is 9.80. The van der Waals surface area contributed by atoms with Gasteiger partial charge in [0.2, 0.25) is 15.9 Å². The second-order valence-electron chi connectivity index (χ2n) is 6.33. The Bertz CT molecular complexity index is 883. The van der Waals surface area contributed by atoms with Gasteiger partial charge in [-0.25, -0.2) is 8.42 Å². The van der Waals surface area contributed by atoms with E-state index in [-0.39, 0.29) is 5.91 Å². The molecule has 152 valence electrons. The standard InChI is InChI=1S/C20H25ClN2O4S/c1-4-27-19-11-9-18(10-12-19)23(28(3,25)26)15(2)20(24)22-14-13-16-5-7-17(21)8-6-16/h5-12,15H,4,13-14H2,1-3H3,(H,22,24)/t15-/m0/s1. The fraction of sp³-hybridized carbons (Fsp3) is 0.350. The molecule has 0 aliphatic carbocycles. The van der Waals surface area contributed by atoms with Crippen LogP contribution in [0.5, 0.6) is 5.75 Å². The molecule has 8 heteroatoms. The van der Waals surface area contributed by atoms with Crippen LogP contribution in [0.4, 0.5) is 5.69 Å². The Morgan fingerprint density at radius 2 is 1.75 bits per heavy atom. The van der Waals surface area contributed by atoms with Crippen LogP contribution in [0.15, 0.2) is 48.5 Å². The lowest BCUT2D eigenvalue weighted by Crippen LogP contribution is -2.48. The molecule has 2 aromatic rings. The summed E-state index contributed by atoms with van der Waals surface area (Å²) in [6, 6.07) is 13.1. The van der Waals surface area contributed by atoms with Crippen molar-refractivity contribution in [3.8, 4) is 5.75 Å². The summed E-state index contributed by atoms with van der Waals surface area (Å²) in [5.74, 6) is 0.271. The zero-order valence-electron chi connectivity index (χ0n) is 16.2. The minimum atomic E-state index is -3.65. The second-order valence-corrected chi connectivity index (χ2v) is 8.63. The van der Waals surface area contributed by atoms with Crippen LogP contribution < -0.4 is 14.4 Å². The van der Waals surface area contributed by atoms with Gasteiger partial charge in [-0.1, -0.05) is 23.7 Å². The lowest BCUT2D eigenvalue weighted by atomic mass is 10.1. The maximum atomic E-state index is 12.6. The van der Waals surface area contributed by atoms with E-state index in [1.165, 1.54) is 0 Å². The molecule has 0 heterocycles. The number of amides is 1. The zero-order valence-corrected chi connectivity index (χ0v) is 17.8. The number of ether oxygens (including phenoxy) is 1. The number of benzene rings is 2. The van der Waals surface area contributed by atoms with Crippen molar-refractivity contribution in [3.05, 3.63) is 59.1 Å². The Morgan fingerprint density at radius 1 is 1.14 bits per heavy atom. The van der Waals surface area contributed by atoms with E-state index in [1.807, 2.05) is 19.1 Å². The van der Waals surface area contributed by atoms with E-state index in [9.17, 15) is 13.2 Å². The average Bonchev–Trinajstić information content (AvgIpc) is 2.64. The van der Waals surface area contributed by atoms with E-state index in [0.717, 1.165) is 16.1 Å². The van der Waals surface area contributed by atoms with Crippen LogP contribution in [0.3, 0.4) is 0 Å². The van der Waals surface area contributed by atoms with Crippen LogP contribution in [0.2, 0.25) is 5.02 Å². The maximum Gasteiger partial charge on any atom is 0.243 e. The first kappa shape index (κ1) is 22.0. The van der Waals surface area contributed by atoms with Gasteiger partial charge in [0.05, 0.1) is 18.6 Å². The van der Waals surface area contributed by atoms with Gasteiger partial charge in [-0.15, -0.1) is 0 Å². The fourth-order valence-electron chi connectivity index (χ4n) is 2.79. The monoisotopic (exact) mass is 424 g/mol. The molecule has 0 bridgehead atoms. The number of carbonyl (C=O) groups is 1. The van der Waals surface area contributed by atoms with Crippen molar-refractivity contribution < 1.29 is 17.9 Å². The number of nitrogens with zero attached hydrogens (tertiary/aromatic N) is 1.